The first kappa shape index (κ1) is 25.6. The van der Waals surface area contributed by atoms with E-state index in [1.807, 2.05) is 76.2 Å². The van der Waals surface area contributed by atoms with Crippen molar-refractivity contribution < 1.29 is 9.47 Å². The smallest absolute Gasteiger partial charge is 0.273 e. The van der Waals surface area contributed by atoms with Gasteiger partial charge in [-0.25, -0.2) is 0 Å². The van der Waals surface area contributed by atoms with E-state index in [-0.39, 0.29) is 11.1 Å². The molecule has 4 rings (SSSR count). The number of thiazole rings is 1. The Kier molecular flexibility index (Phi) is 7.62. The van der Waals surface area contributed by atoms with Gasteiger partial charge in [0.05, 0.1) is 23.4 Å². The normalized spacial score (nSPS) is 11.1. The highest BCUT2D eigenvalue weighted by atomic mass is 32.1. The van der Waals surface area contributed by atoms with Gasteiger partial charge in [0.1, 0.15) is 28.3 Å². The quantitative estimate of drug-likeness (QED) is 0.373. The zero-order valence-electron chi connectivity index (χ0n) is 21.1. The Morgan fingerprint density at radius 2 is 1.41 bits per heavy atom. The predicted octanol–water partition coefficient (Wildman–Crippen LogP) is 4.13. The molecular formula is C29H26N4O3S. The van der Waals surface area contributed by atoms with E-state index in [1.54, 1.807) is 24.3 Å². The molecule has 0 atom stereocenters. The van der Waals surface area contributed by atoms with Gasteiger partial charge in [0.2, 0.25) is 0 Å². The van der Waals surface area contributed by atoms with Crippen LogP contribution in [0.25, 0.3) is 23.0 Å². The van der Waals surface area contributed by atoms with Crippen LogP contribution >= 0.6 is 11.3 Å². The Balaban J connectivity index is 1.88. The minimum absolute atomic E-state index is 0.115. The van der Waals surface area contributed by atoms with E-state index < -0.39 is 0 Å². The lowest BCUT2D eigenvalue weighted by molar-refractivity contribution is 0.340. The van der Waals surface area contributed by atoms with Gasteiger partial charge in [-0.05, 0) is 93.9 Å². The third-order valence-electron chi connectivity index (χ3n) is 5.83. The van der Waals surface area contributed by atoms with Crippen LogP contribution in [0.3, 0.4) is 0 Å². The zero-order chi connectivity index (χ0) is 26.5. The number of benzene rings is 2. The fraction of sp³-hybridized carbons (Fsp3) is 0.207. The molecule has 0 aliphatic rings. The number of rotatable bonds is 7. The average molecular weight is 511 g/mol. The molecule has 37 heavy (non-hydrogen) atoms. The molecule has 0 fully saturated rings. The number of hydrogen-bond acceptors (Lipinski definition) is 6. The van der Waals surface area contributed by atoms with E-state index >= 15 is 0 Å². The molecular weight excluding hydrogens is 484 g/mol. The van der Waals surface area contributed by atoms with Crippen LogP contribution in [0.2, 0.25) is 0 Å². The van der Waals surface area contributed by atoms with Crippen molar-refractivity contribution in [3.8, 4) is 35.0 Å². The zero-order valence-corrected chi connectivity index (χ0v) is 21.9. The van der Waals surface area contributed by atoms with Gasteiger partial charge in [0.25, 0.3) is 5.56 Å². The van der Waals surface area contributed by atoms with Gasteiger partial charge in [-0.2, -0.15) is 10.5 Å². The largest absolute Gasteiger partial charge is 0.494 e. The van der Waals surface area contributed by atoms with Crippen molar-refractivity contribution >= 4 is 23.0 Å². The molecule has 0 N–H and O–H groups in total. The number of nitriles is 2. The van der Waals surface area contributed by atoms with E-state index in [0.29, 0.717) is 33.8 Å². The summed E-state index contributed by atoms with van der Waals surface area (Å²) in [5.41, 5.74) is 3.99. The summed E-state index contributed by atoms with van der Waals surface area (Å²) in [6.45, 7) is 8.98. The number of nitrogens with zero attached hydrogens (tertiary/aromatic N) is 4. The summed E-state index contributed by atoms with van der Waals surface area (Å²) < 4.78 is 15.3. The molecule has 0 aliphatic heterocycles. The molecule has 2 aromatic heterocycles. The topological polar surface area (TPSA) is 93.0 Å². The van der Waals surface area contributed by atoms with E-state index in [9.17, 15) is 15.3 Å². The summed E-state index contributed by atoms with van der Waals surface area (Å²) in [4.78, 5) is 13.6. The van der Waals surface area contributed by atoms with Crippen LogP contribution < -0.4 is 24.2 Å². The van der Waals surface area contributed by atoms with Crippen LogP contribution in [0.15, 0.2) is 59.4 Å². The molecule has 0 amide bonds. The lowest BCUT2D eigenvalue weighted by Gasteiger charge is -2.11. The Morgan fingerprint density at radius 3 is 1.89 bits per heavy atom. The lowest BCUT2D eigenvalue weighted by atomic mass is 10.2. The monoisotopic (exact) mass is 510 g/mol. The van der Waals surface area contributed by atoms with Crippen LogP contribution in [0.4, 0.5) is 0 Å². The summed E-state index contributed by atoms with van der Waals surface area (Å²) in [5.74, 6) is 1.48. The molecule has 0 aliphatic carbocycles. The van der Waals surface area contributed by atoms with Crippen molar-refractivity contribution in [2.45, 2.75) is 27.7 Å². The molecule has 0 bridgehead atoms. The highest BCUT2D eigenvalue weighted by Gasteiger charge is 2.14. The van der Waals surface area contributed by atoms with Crippen molar-refractivity contribution in [3.63, 3.8) is 0 Å². The summed E-state index contributed by atoms with van der Waals surface area (Å²) in [6, 6.07) is 20.8. The molecule has 7 nitrogen and oxygen atoms in total. The molecule has 4 aromatic rings. The van der Waals surface area contributed by atoms with Crippen LogP contribution in [-0.2, 0) is 0 Å². The van der Waals surface area contributed by atoms with Crippen molar-refractivity contribution in [2.75, 3.05) is 13.2 Å². The summed E-state index contributed by atoms with van der Waals surface area (Å²) in [5, 5.41) is 19.1. The fourth-order valence-electron chi connectivity index (χ4n) is 4.19. The Labute approximate surface area is 219 Å². The van der Waals surface area contributed by atoms with Crippen LogP contribution in [0.5, 0.6) is 11.5 Å². The van der Waals surface area contributed by atoms with Gasteiger partial charge < -0.3 is 14.0 Å². The summed E-state index contributed by atoms with van der Waals surface area (Å²) in [6.07, 6.45) is 1.82. The number of ether oxygens (including phenoxy) is 2. The molecule has 186 valence electrons. The minimum atomic E-state index is -0.293. The van der Waals surface area contributed by atoms with Gasteiger partial charge in [-0.1, -0.05) is 0 Å². The molecule has 0 unspecified atom stereocenters. The summed E-state index contributed by atoms with van der Waals surface area (Å²) in [7, 11) is 0. The van der Waals surface area contributed by atoms with Gasteiger partial charge in [-0.15, -0.1) is 11.3 Å². The fourth-order valence-corrected chi connectivity index (χ4v) is 5.24. The van der Waals surface area contributed by atoms with E-state index in [1.165, 1.54) is 4.57 Å². The maximum absolute atomic E-state index is 13.6. The predicted molar refractivity (Wildman–Crippen MR) is 145 cm³/mol. The lowest BCUT2D eigenvalue weighted by Crippen LogP contribution is -2.30. The number of aromatic nitrogens is 2. The maximum Gasteiger partial charge on any atom is 0.273 e. The first-order chi connectivity index (χ1) is 17.9. The second-order valence-electron chi connectivity index (χ2n) is 8.17. The van der Waals surface area contributed by atoms with Crippen LogP contribution in [0, 0.1) is 36.5 Å². The third-order valence-corrected chi connectivity index (χ3v) is 6.92. The average Bonchev–Trinajstić information content (AvgIpc) is 3.36. The molecule has 0 saturated carbocycles. The molecule has 0 radical (unpaired) electrons. The van der Waals surface area contributed by atoms with Crippen molar-refractivity contribution in [2.24, 2.45) is 0 Å². The highest BCUT2D eigenvalue weighted by Crippen LogP contribution is 2.23. The van der Waals surface area contributed by atoms with Gasteiger partial charge in [0, 0.05) is 17.1 Å². The third kappa shape index (κ3) is 5.06. The molecule has 2 aromatic carbocycles. The SMILES string of the molecule is CCOc1ccc(-n2c(C)cc(/C=c3\sc(=C(C#N)C#N)n(-c4ccc(OCC)cc4)c3=O)c2C)cc1. The van der Waals surface area contributed by atoms with Crippen molar-refractivity contribution in [1.29, 1.82) is 10.5 Å². The number of hydrogen-bond donors (Lipinski definition) is 0. The summed E-state index contributed by atoms with van der Waals surface area (Å²) >= 11 is 1.13. The second-order valence-corrected chi connectivity index (χ2v) is 9.20. The first-order valence-electron chi connectivity index (χ1n) is 11.8. The molecule has 0 saturated heterocycles. The van der Waals surface area contributed by atoms with E-state index in [2.05, 4.69) is 4.57 Å². The van der Waals surface area contributed by atoms with Crippen LogP contribution in [-0.4, -0.2) is 22.3 Å². The first-order valence-corrected chi connectivity index (χ1v) is 12.7. The standard InChI is InChI=1S/C29H26N4O3S/c1-5-35-25-11-7-23(8-12-25)32-19(3)15-21(20(32)4)16-27-28(34)33(29(37-27)22(17-30)18-31)24-9-13-26(14-10-24)36-6-2/h7-16H,5-6H2,1-4H3/b27-16-. The van der Waals surface area contributed by atoms with Crippen LogP contribution in [0.1, 0.15) is 30.8 Å². The Hall–Kier alpha value is -4.53. The maximum atomic E-state index is 13.6. The second kappa shape index (κ2) is 11.0. The van der Waals surface area contributed by atoms with Crippen molar-refractivity contribution in [1.82, 2.24) is 9.13 Å². The van der Waals surface area contributed by atoms with Gasteiger partial charge in [-0.3, -0.25) is 9.36 Å². The molecule has 8 heteroatoms. The Morgan fingerprint density at radius 1 is 0.892 bits per heavy atom. The van der Waals surface area contributed by atoms with Crippen molar-refractivity contribution in [3.05, 3.63) is 91.1 Å². The molecule has 0 spiro atoms. The molecule has 2 heterocycles. The van der Waals surface area contributed by atoms with E-state index in [4.69, 9.17) is 9.47 Å². The number of aryl methyl sites for hydroxylation is 1. The highest BCUT2D eigenvalue weighted by molar-refractivity contribution is 7.07. The van der Waals surface area contributed by atoms with Gasteiger partial charge in [0.15, 0.2) is 5.57 Å². The minimum Gasteiger partial charge on any atom is -0.494 e. The van der Waals surface area contributed by atoms with Gasteiger partial charge >= 0.3 is 0 Å². The van der Waals surface area contributed by atoms with E-state index in [0.717, 1.165) is 39.7 Å². The Bertz CT molecular complexity index is 1680.